The summed E-state index contributed by atoms with van der Waals surface area (Å²) in [5.74, 6) is -3.46. The molecule has 1 heterocycles. The van der Waals surface area contributed by atoms with Gasteiger partial charge in [-0.15, -0.1) is 0 Å². The van der Waals surface area contributed by atoms with Gasteiger partial charge in [-0.25, -0.2) is 4.39 Å². The molecule has 2 aromatic rings. The van der Waals surface area contributed by atoms with E-state index in [0.717, 1.165) is 12.1 Å². The Morgan fingerprint density at radius 1 is 1.29 bits per heavy atom. The van der Waals surface area contributed by atoms with Crippen molar-refractivity contribution in [3.05, 3.63) is 35.3 Å². The highest BCUT2D eigenvalue weighted by atomic mass is 19.4. The average Bonchev–Trinajstić information content (AvgIpc) is 2.54. The lowest BCUT2D eigenvalue weighted by atomic mass is 10.1. The van der Waals surface area contributed by atoms with Crippen LogP contribution in [0.2, 0.25) is 0 Å². The first kappa shape index (κ1) is 11.6. The Morgan fingerprint density at radius 2 is 1.94 bits per heavy atom. The maximum absolute atomic E-state index is 12.9. The number of Topliss-reactive ketones (excluding diaryl/α,β-unsaturated/α-hetero) is 1. The Balaban J connectivity index is 2.65. The minimum atomic E-state index is -5.00. The van der Waals surface area contributed by atoms with Gasteiger partial charge in [0.1, 0.15) is 11.4 Å². The molecule has 0 radical (unpaired) electrons. The molecular formula is C11H6F4O2. The maximum atomic E-state index is 12.9. The first-order valence-electron chi connectivity index (χ1n) is 4.61. The average molecular weight is 246 g/mol. The van der Waals surface area contributed by atoms with Crippen molar-refractivity contribution in [3.63, 3.8) is 0 Å². The molecule has 0 saturated heterocycles. The fraction of sp³-hybridized carbons (Fsp3) is 0.182. The molecule has 0 aliphatic carbocycles. The Labute approximate surface area is 92.8 Å². The molecule has 2 rings (SSSR count). The van der Waals surface area contributed by atoms with Gasteiger partial charge < -0.3 is 4.42 Å². The normalized spacial score (nSPS) is 12.1. The number of furan rings is 1. The second-order valence-electron chi connectivity index (χ2n) is 3.52. The van der Waals surface area contributed by atoms with Crippen LogP contribution in [0.15, 0.2) is 22.6 Å². The molecule has 17 heavy (non-hydrogen) atoms. The third-order valence-electron chi connectivity index (χ3n) is 2.36. The summed E-state index contributed by atoms with van der Waals surface area (Å²) in [6.07, 6.45) is -5.00. The van der Waals surface area contributed by atoms with Crippen molar-refractivity contribution in [2.24, 2.45) is 0 Å². The summed E-state index contributed by atoms with van der Waals surface area (Å²) < 4.78 is 54.4. The summed E-state index contributed by atoms with van der Waals surface area (Å²) in [5, 5.41) is 0.164. The predicted octanol–water partition coefficient (Wildman–Crippen LogP) is 3.63. The van der Waals surface area contributed by atoms with Crippen LogP contribution in [0.3, 0.4) is 0 Å². The lowest BCUT2D eigenvalue weighted by Crippen LogP contribution is -2.22. The van der Waals surface area contributed by atoms with Gasteiger partial charge in [-0.3, -0.25) is 4.79 Å². The van der Waals surface area contributed by atoms with Crippen molar-refractivity contribution in [1.29, 1.82) is 0 Å². The zero-order valence-corrected chi connectivity index (χ0v) is 8.56. The SMILES string of the molecule is Cc1c(C(=O)C(F)(F)F)oc2ccc(F)cc12. The van der Waals surface area contributed by atoms with Crippen molar-refractivity contribution >= 4 is 16.8 Å². The van der Waals surface area contributed by atoms with Crippen molar-refractivity contribution in [2.75, 3.05) is 0 Å². The molecule has 0 atom stereocenters. The number of benzene rings is 1. The summed E-state index contributed by atoms with van der Waals surface area (Å²) in [6.45, 7) is 1.28. The van der Waals surface area contributed by atoms with E-state index in [1.165, 1.54) is 13.0 Å². The minimum absolute atomic E-state index is 0.0122. The number of carbonyl (C=O) groups is 1. The quantitative estimate of drug-likeness (QED) is 0.568. The molecule has 0 aliphatic heterocycles. The van der Waals surface area contributed by atoms with E-state index in [-0.39, 0.29) is 16.5 Å². The van der Waals surface area contributed by atoms with Gasteiger partial charge in [0.2, 0.25) is 0 Å². The van der Waals surface area contributed by atoms with E-state index in [2.05, 4.69) is 0 Å². The van der Waals surface area contributed by atoms with E-state index < -0.39 is 23.5 Å². The summed E-state index contributed by atoms with van der Waals surface area (Å²) in [6, 6.07) is 3.26. The molecule has 0 spiro atoms. The Hall–Kier alpha value is -1.85. The molecule has 0 saturated carbocycles. The van der Waals surface area contributed by atoms with Crippen molar-refractivity contribution < 1.29 is 26.8 Å². The number of rotatable bonds is 1. The van der Waals surface area contributed by atoms with Crippen molar-refractivity contribution in [3.8, 4) is 0 Å². The van der Waals surface area contributed by atoms with Gasteiger partial charge >= 0.3 is 12.0 Å². The number of carbonyl (C=O) groups excluding carboxylic acids is 1. The van der Waals surface area contributed by atoms with E-state index >= 15 is 0 Å². The zero-order valence-electron chi connectivity index (χ0n) is 8.56. The topological polar surface area (TPSA) is 30.2 Å². The fourth-order valence-corrected chi connectivity index (χ4v) is 1.54. The van der Waals surface area contributed by atoms with E-state index in [0.29, 0.717) is 0 Å². The lowest BCUT2D eigenvalue weighted by Gasteiger charge is -2.02. The van der Waals surface area contributed by atoms with Crippen LogP contribution in [0.1, 0.15) is 16.1 Å². The van der Waals surface area contributed by atoms with Gasteiger partial charge in [0.15, 0.2) is 5.76 Å². The summed E-state index contributed by atoms with van der Waals surface area (Å²) in [5.41, 5.74) is 0.0401. The molecule has 0 N–H and O–H groups in total. The van der Waals surface area contributed by atoms with Gasteiger partial charge in [-0.05, 0) is 25.1 Å². The summed E-state index contributed by atoms with van der Waals surface area (Å²) in [7, 11) is 0. The van der Waals surface area contributed by atoms with Crippen molar-refractivity contribution in [2.45, 2.75) is 13.1 Å². The molecule has 2 nitrogen and oxygen atoms in total. The van der Waals surface area contributed by atoms with Crippen molar-refractivity contribution in [1.82, 2.24) is 0 Å². The van der Waals surface area contributed by atoms with Crippen LogP contribution >= 0.6 is 0 Å². The Morgan fingerprint density at radius 3 is 2.53 bits per heavy atom. The highest BCUT2D eigenvalue weighted by Gasteiger charge is 2.42. The number of fused-ring (bicyclic) bond motifs is 1. The Bertz CT molecular complexity index is 595. The predicted molar refractivity (Wildman–Crippen MR) is 51.3 cm³/mol. The largest absolute Gasteiger partial charge is 0.458 e. The second-order valence-corrected chi connectivity index (χ2v) is 3.52. The summed E-state index contributed by atoms with van der Waals surface area (Å²) in [4.78, 5) is 11.0. The van der Waals surface area contributed by atoms with Crippen LogP contribution in [0.5, 0.6) is 0 Å². The minimum Gasteiger partial charge on any atom is -0.452 e. The molecular weight excluding hydrogens is 240 g/mol. The van der Waals surface area contributed by atoms with E-state index in [9.17, 15) is 22.4 Å². The summed E-state index contributed by atoms with van der Waals surface area (Å²) >= 11 is 0. The molecule has 1 aromatic carbocycles. The molecule has 0 aliphatic rings. The molecule has 90 valence electrons. The standard InChI is InChI=1S/C11H6F4O2/c1-5-7-4-6(12)2-3-8(7)17-9(5)10(16)11(13,14)15/h2-4H,1H3. The van der Waals surface area contributed by atoms with Gasteiger partial charge in [0.25, 0.3) is 0 Å². The molecule has 6 heteroatoms. The number of alkyl halides is 3. The first-order chi connectivity index (χ1) is 7.80. The highest BCUT2D eigenvalue weighted by molar-refractivity contribution is 6.03. The maximum Gasteiger partial charge on any atom is 0.458 e. The van der Waals surface area contributed by atoms with Crippen LogP contribution in [0.25, 0.3) is 11.0 Å². The monoisotopic (exact) mass is 246 g/mol. The highest BCUT2D eigenvalue weighted by Crippen LogP contribution is 2.30. The molecule has 0 fully saturated rings. The molecule has 1 aromatic heterocycles. The van der Waals surface area contributed by atoms with Gasteiger partial charge in [-0.1, -0.05) is 0 Å². The van der Waals surface area contributed by atoms with Crippen LogP contribution in [-0.4, -0.2) is 12.0 Å². The zero-order chi connectivity index (χ0) is 12.8. The first-order valence-corrected chi connectivity index (χ1v) is 4.61. The van der Waals surface area contributed by atoms with Gasteiger partial charge in [0.05, 0.1) is 0 Å². The van der Waals surface area contributed by atoms with Crippen LogP contribution in [0, 0.1) is 12.7 Å². The third kappa shape index (κ3) is 1.90. The number of halogens is 4. The molecule has 0 unspecified atom stereocenters. The van der Waals surface area contributed by atoms with Gasteiger partial charge in [0, 0.05) is 10.9 Å². The van der Waals surface area contributed by atoms with Gasteiger partial charge in [-0.2, -0.15) is 13.2 Å². The molecule has 0 amide bonds. The molecule has 0 bridgehead atoms. The smallest absolute Gasteiger partial charge is 0.452 e. The second kappa shape index (κ2) is 3.58. The number of hydrogen-bond acceptors (Lipinski definition) is 2. The van der Waals surface area contributed by atoms with Crippen LogP contribution < -0.4 is 0 Å². The van der Waals surface area contributed by atoms with Crippen LogP contribution in [-0.2, 0) is 0 Å². The van der Waals surface area contributed by atoms with E-state index in [1.54, 1.807) is 0 Å². The lowest BCUT2D eigenvalue weighted by molar-refractivity contribution is -0.0899. The fourth-order valence-electron chi connectivity index (χ4n) is 1.54. The number of ketones is 1. The van der Waals surface area contributed by atoms with Crippen LogP contribution in [0.4, 0.5) is 17.6 Å². The third-order valence-corrected chi connectivity index (χ3v) is 2.36. The van der Waals surface area contributed by atoms with E-state index in [1.807, 2.05) is 0 Å². The number of hydrogen-bond donors (Lipinski definition) is 0. The van der Waals surface area contributed by atoms with E-state index in [4.69, 9.17) is 4.42 Å². The number of aryl methyl sites for hydroxylation is 1. The Kier molecular flexibility index (Phi) is 2.45.